The molecule has 1 aromatic rings. The number of halogens is 14. The van der Waals surface area contributed by atoms with Gasteiger partial charge in [0.1, 0.15) is 5.75 Å². The molecule has 0 radical (unpaired) electrons. The molecular formula is C21H22ClF13N2O5S. The predicted octanol–water partition coefficient (Wildman–Crippen LogP) is 6.92. The Hall–Kier alpha value is -2.42. The first-order valence-electron chi connectivity index (χ1n) is 11.4. The van der Waals surface area contributed by atoms with Crippen molar-refractivity contribution in [1.82, 2.24) is 9.62 Å². The van der Waals surface area contributed by atoms with Gasteiger partial charge in [0.15, 0.2) is 6.10 Å². The van der Waals surface area contributed by atoms with E-state index >= 15 is 8.78 Å². The Labute approximate surface area is 240 Å². The van der Waals surface area contributed by atoms with Gasteiger partial charge in [-0.15, -0.1) is 0 Å². The van der Waals surface area contributed by atoms with Crippen LogP contribution in [-0.4, -0.2) is 79.9 Å². The summed E-state index contributed by atoms with van der Waals surface area (Å²) in [7, 11) is -5.43. The third-order valence-electron chi connectivity index (χ3n) is 5.54. The zero-order valence-corrected chi connectivity index (χ0v) is 23.5. The summed E-state index contributed by atoms with van der Waals surface area (Å²) < 4.78 is 212. The van der Waals surface area contributed by atoms with Crippen LogP contribution < -0.4 is 8.91 Å². The van der Waals surface area contributed by atoms with E-state index in [-0.39, 0.29) is 5.02 Å². The van der Waals surface area contributed by atoms with Crippen molar-refractivity contribution in [2.24, 2.45) is 0 Å². The Balaban J connectivity index is 3.59. The fraction of sp³-hybridized carbons (Fsp3) is 0.667. The van der Waals surface area contributed by atoms with Crippen LogP contribution in [0.15, 0.2) is 24.3 Å². The van der Waals surface area contributed by atoms with Crippen molar-refractivity contribution in [2.75, 3.05) is 6.54 Å². The fourth-order valence-corrected chi connectivity index (χ4v) is 4.10. The molecule has 1 rings (SSSR count). The minimum atomic E-state index is -8.19. The van der Waals surface area contributed by atoms with E-state index in [1.54, 1.807) is 0 Å². The van der Waals surface area contributed by atoms with Crippen molar-refractivity contribution in [1.29, 1.82) is 0 Å². The van der Waals surface area contributed by atoms with Crippen LogP contribution in [-0.2, 0) is 15.0 Å². The number of ether oxygens (including phenoxy) is 1. The molecule has 7 nitrogen and oxygen atoms in total. The van der Waals surface area contributed by atoms with E-state index in [0.29, 0.717) is 4.90 Å². The number of amides is 1. The molecule has 1 aromatic carbocycles. The van der Waals surface area contributed by atoms with Gasteiger partial charge in [-0.3, -0.25) is 4.90 Å². The summed E-state index contributed by atoms with van der Waals surface area (Å²) in [6.07, 6.45) is -14.4. The fourth-order valence-electron chi connectivity index (χ4n) is 3.31. The molecule has 1 atom stereocenters. The summed E-state index contributed by atoms with van der Waals surface area (Å²) >= 11 is 5.57. The lowest BCUT2D eigenvalue weighted by atomic mass is 9.91. The van der Waals surface area contributed by atoms with Gasteiger partial charge in [-0.25, -0.2) is 4.79 Å². The summed E-state index contributed by atoms with van der Waals surface area (Å²) in [6.45, 7) is 2.95. The first kappa shape index (κ1) is 38.6. The van der Waals surface area contributed by atoms with Gasteiger partial charge >= 0.3 is 52.2 Å². The lowest BCUT2D eigenvalue weighted by molar-refractivity contribution is -0.444. The van der Waals surface area contributed by atoms with E-state index in [2.05, 4.69) is 8.92 Å². The smallest absolute Gasteiger partial charge is 0.437 e. The van der Waals surface area contributed by atoms with Gasteiger partial charge in [-0.1, -0.05) is 11.6 Å². The highest BCUT2D eigenvalue weighted by atomic mass is 35.5. The topological polar surface area (TPSA) is 84.9 Å². The van der Waals surface area contributed by atoms with Crippen LogP contribution in [0.1, 0.15) is 27.7 Å². The molecular weight excluding hydrogens is 675 g/mol. The Bertz CT molecular complexity index is 1220. The molecule has 1 N–H and O–H groups in total. The summed E-state index contributed by atoms with van der Waals surface area (Å²) in [5.41, 5.74) is 0. The van der Waals surface area contributed by atoms with Crippen LogP contribution in [0, 0.1) is 0 Å². The maximum Gasteiger partial charge on any atom is 0.460 e. The van der Waals surface area contributed by atoms with E-state index in [9.17, 15) is 61.5 Å². The van der Waals surface area contributed by atoms with Gasteiger partial charge in [0.2, 0.25) is 0 Å². The van der Waals surface area contributed by atoms with Crippen molar-refractivity contribution in [3.8, 4) is 5.75 Å². The SMILES string of the molecule is CC(C)N(CC(OC(=O)NS(=O)(=O)Oc1ccc(Cl)cc1)C(F)(F)C(F)(F)C(F)(F)C(F)(F)C(F)(F)C(F)(F)F)C(C)C. The lowest BCUT2D eigenvalue weighted by Crippen LogP contribution is -2.72. The molecule has 0 aromatic heterocycles. The van der Waals surface area contributed by atoms with Crippen LogP contribution in [0.4, 0.5) is 61.9 Å². The monoisotopic (exact) mass is 696 g/mol. The molecule has 0 saturated heterocycles. The maximum atomic E-state index is 15.0. The predicted molar refractivity (Wildman–Crippen MR) is 122 cm³/mol. The number of benzene rings is 1. The number of carbonyl (C=O) groups excluding carboxylic acids is 1. The van der Waals surface area contributed by atoms with Gasteiger partial charge in [0.05, 0.1) is 0 Å². The molecule has 0 saturated carbocycles. The van der Waals surface area contributed by atoms with E-state index in [1.165, 1.54) is 27.7 Å². The van der Waals surface area contributed by atoms with Gasteiger partial charge in [0.25, 0.3) is 0 Å². The Morgan fingerprint density at radius 2 is 1.21 bits per heavy atom. The molecule has 22 heteroatoms. The number of nitrogens with one attached hydrogen (secondary N) is 1. The number of nitrogens with zero attached hydrogens (tertiary/aromatic N) is 1. The third-order valence-corrected chi connectivity index (χ3v) is 6.62. The number of rotatable bonds is 13. The minimum Gasteiger partial charge on any atom is -0.437 e. The zero-order valence-electron chi connectivity index (χ0n) is 21.9. The van der Waals surface area contributed by atoms with Crippen LogP contribution >= 0.6 is 11.6 Å². The van der Waals surface area contributed by atoms with Crippen molar-refractivity contribution in [2.45, 2.75) is 81.7 Å². The molecule has 1 amide bonds. The molecule has 250 valence electrons. The molecule has 0 heterocycles. The highest BCUT2D eigenvalue weighted by Crippen LogP contribution is 2.61. The Morgan fingerprint density at radius 1 is 0.791 bits per heavy atom. The maximum absolute atomic E-state index is 15.0. The largest absolute Gasteiger partial charge is 0.460 e. The summed E-state index contributed by atoms with van der Waals surface area (Å²) in [4.78, 5) is 12.8. The quantitative estimate of drug-likeness (QED) is 0.226. The van der Waals surface area contributed by atoms with Gasteiger partial charge in [-0.05, 0) is 52.0 Å². The average Bonchev–Trinajstić information content (AvgIpc) is 2.80. The number of carbonyl (C=O) groups is 1. The standard InChI is InChI=1S/C21H22ClF13N2O5S/c1-10(2)37(11(3)4)9-14(41-15(38)36-43(39,40)42-13-7-5-12(22)6-8-13)16(23,24)17(25,26)18(27,28)19(29,30)20(31,32)21(33,34)35/h5-8,10-11,14H,9H2,1-4H3,(H,36,38). The minimum absolute atomic E-state index is 0.0540. The summed E-state index contributed by atoms with van der Waals surface area (Å²) in [5.74, 6) is -39.6. The summed E-state index contributed by atoms with van der Waals surface area (Å²) in [6, 6.07) is 1.90. The van der Waals surface area contributed by atoms with Crippen molar-refractivity contribution < 1.29 is 79.2 Å². The van der Waals surface area contributed by atoms with Crippen molar-refractivity contribution in [3.05, 3.63) is 29.3 Å². The van der Waals surface area contributed by atoms with E-state index in [4.69, 9.17) is 11.6 Å². The number of hydrogen-bond acceptors (Lipinski definition) is 6. The third kappa shape index (κ3) is 7.81. The van der Waals surface area contributed by atoms with E-state index < -0.39 is 82.7 Å². The molecule has 0 fully saturated rings. The van der Waals surface area contributed by atoms with Gasteiger partial charge in [-0.2, -0.15) is 70.2 Å². The molecule has 0 aliphatic carbocycles. The highest BCUT2D eigenvalue weighted by Gasteiger charge is 2.91. The average molecular weight is 697 g/mol. The van der Waals surface area contributed by atoms with Crippen molar-refractivity contribution in [3.63, 3.8) is 0 Å². The van der Waals surface area contributed by atoms with E-state index in [0.717, 1.165) is 29.0 Å². The first-order valence-corrected chi connectivity index (χ1v) is 13.1. The molecule has 0 bridgehead atoms. The first-order chi connectivity index (χ1) is 19.0. The number of hydrogen-bond donors (Lipinski definition) is 1. The summed E-state index contributed by atoms with van der Waals surface area (Å²) in [5, 5.41) is 0.0540. The molecule has 0 aliphatic heterocycles. The Kier molecular flexibility index (Phi) is 11.2. The lowest BCUT2D eigenvalue weighted by Gasteiger charge is -2.43. The second-order valence-electron chi connectivity index (χ2n) is 9.29. The van der Waals surface area contributed by atoms with Crippen LogP contribution in [0.3, 0.4) is 0 Å². The van der Waals surface area contributed by atoms with Crippen molar-refractivity contribution >= 4 is 28.0 Å². The van der Waals surface area contributed by atoms with Gasteiger partial charge < -0.3 is 8.92 Å². The van der Waals surface area contributed by atoms with Gasteiger partial charge in [0, 0.05) is 23.7 Å². The molecule has 0 spiro atoms. The highest BCUT2D eigenvalue weighted by molar-refractivity contribution is 7.85. The Morgan fingerprint density at radius 3 is 1.60 bits per heavy atom. The molecule has 1 unspecified atom stereocenters. The van der Waals surface area contributed by atoms with Crippen LogP contribution in [0.5, 0.6) is 5.75 Å². The second-order valence-corrected chi connectivity index (χ2v) is 11.0. The van der Waals surface area contributed by atoms with Crippen LogP contribution in [0.25, 0.3) is 0 Å². The molecule has 43 heavy (non-hydrogen) atoms. The van der Waals surface area contributed by atoms with E-state index in [1.807, 2.05) is 0 Å². The zero-order chi connectivity index (χ0) is 34.2. The normalized spacial score (nSPS) is 15.2. The number of alkyl halides is 13. The second kappa shape index (κ2) is 12.5. The molecule has 0 aliphatic rings. The van der Waals surface area contributed by atoms with Crippen LogP contribution in [0.2, 0.25) is 5.02 Å².